The van der Waals surface area contributed by atoms with E-state index in [0.29, 0.717) is 5.17 Å². The second-order valence-electron chi connectivity index (χ2n) is 5.83. The summed E-state index contributed by atoms with van der Waals surface area (Å²) >= 11 is 1.44. The van der Waals surface area contributed by atoms with Crippen molar-refractivity contribution < 1.29 is 14.6 Å². The lowest BCUT2D eigenvalue weighted by Gasteiger charge is -2.43. The van der Waals surface area contributed by atoms with Crippen LogP contribution >= 0.6 is 11.8 Å². The maximum absolute atomic E-state index is 12.6. The summed E-state index contributed by atoms with van der Waals surface area (Å²) in [6.07, 6.45) is 1.90. The molecule has 0 aliphatic carbocycles. The highest BCUT2D eigenvalue weighted by Crippen LogP contribution is 2.46. The summed E-state index contributed by atoms with van der Waals surface area (Å²) in [5, 5.41) is 13.5. The zero-order chi connectivity index (χ0) is 16.6. The van der Waals surface area contributed by atoms with Gasteiger partial charge in [0.2, 0.25) is 0 Å². The Kier molecular flexibility index (Phi) is 4.21. The molecule has 5 nitrogen and oxygen atoms in total. The Morgan fingerprint density at radius 1 is 1.48 bits per heavy atom. The van der Waals surface area contributed by atoms with Gasteiger partial charge in [-0.05, 0) is 37.3 Å². The first kappa shape index (κ1) is 16.1. The standard InChI is InChI=1S/C17H20N2O3S/c1-4-22-15(20)13-14(12-8-6-5-7-11(12)2)19-9-10-23-16(19)18-17(13,3)21/h5-10,13-14,21H,4H2,1-3H3. The molecule has 1 aromatic rings. The Hall–Kier alpha value is -1.79. The summed E-state index contributed by atoms with van der Waals surface area (Å²) in [7, 11) is 0. The summed E-state index contributed by atoms with van der Waals surface area (Å²) < 4.78 is 5.23. The molecule has 0 bridgehead atoms. The van der Waals surface area contributed by atoms with Crippen molar-refractivity contribution in [2.45, 2.75) is 32.5 Å². The Labute approximate surface area is 140 Å². The number of benzene rings is 1. The lowest BCUT2D eigenvalue weighted by atomic mass is 9.82. The second-order valence-corrected chi connectivity index (χ2v) is 6.70. The largest absolute Gasteiger partial charge is 0.466 e. The predicted octanol–water partition coefficient (Wildman–Crippen LogP) is 2.81. The normalized spacial score (nSPS) is 29.2. The van der Waals surface area contributed by atoms with E-state index in [4.69, 9.17) is 4.74 Å². The molecule has 1 N–H and O–H groups in total. The van der Waals surface area contributed by atoms with Gasteiger partial charge in [-0.25, -0.2) is 4.99 Å². The van der Waals surface area contributed by atoms with Gasteiger partial charge in [0.15, 0.2) is 10.9 Å². The number of ether oxygens (including phenoxy) is 1. The van der Waals surface area contributed by atoms with E-state index in [1.54, 1.807) is 13.8 Å². The molecule has 23 heavy (non-hydrogen) atoms. The number of nitrogens with zero attached hydrogens (tertiary/aromatic N) is 2. The van der Waals surface area contributed by atoms with Crippen LogP contribution in [0.25, 0.3) is 0 Å². The van der Waals surface area contributed by atoms with Crippen LogP contribution < -0.4 is 0 Å². The zero-order valence-corrected chi connectivity index (χ0v) is 14.2. The summed E-state index contributed by atoms with van der Waals surface area (Å²) in [6.45, 7) is 5.61. The maximum Gasteiger partial charge on any atom is 0.316 e. The van der Waals surface area contributed by atoms with E-state index in [9.17, 15) is 9.90 Å². The molecular weight excluding hydrogens is 312 g/mol. The van der Waals surface area contributed by atoms with E-state index in [2.05, 4.69) is 4.99 Å². The van der Waals surface area contributed by atoms with Crippen LogP contribution in [0.5, 0.6) is 0 Å². The molecule has 0 saturated heterocycles. The van der Waals surface area contributed by atoms with Crippen LogP contribution in [0, 0.1) is 12.8 Å². The van der Waals surface area contributed by atoms with Crippen molar-refractivity contribution in [1.82, 2.24) is 4.90 Å². The maximum atomic E-state index is 12.6. The van der Waals surface area contributed by atoms with E-state index in [0.717, 1.165) is 11.1 Å². The van der Waals surface area contributed by atoms with Gasteiger partial charge < -0.3 is 14.7 Å². The number of esters is 1. The van der Waals surface area contributed by atoms with Crippen LogP contribution in [-0.4, -0.2) is 33.5 Å². The number of carbonyl (C=O) groups is 1. The molecule has 3 rings (SSSR count). The van der Waals surface area contributed by atoms with Crippen LogP contribution in [0.1, 0.15) is 31.0 Å². The third-order valence-electron chi connectivity index (χ3n) is 4.19. The number of aliphatic hydroxyl groups is 1. The van der Waals surface area contributed by atoms with Crippen molar-refractivity contribution in [1.29, 1.82) is 0 Å². The molecule has 0 spiro atoms. The van der Waals surface area contributed by atoms with Crippen LogP contribution in [0.15, 0.2) is 40.9 Å². The first-order valence-corrected chi connectivity index (χ1v) is 8.49. The molecule has 3 unspecified atom stereocenters. The predicted molar refractivity (Wildman–Crippen MR) is 90.7 cm³/mol. The van der Waals surface area contributed by atoms with Gasteiger partial charge in [0, 0.05) is 6.20 Å². The highest BCUT2D eigenvalue weighted by molar-refractivity contribution is 8.16. The number of carbonyl (C=O) groups excluding carboxylic acids is 1. The topological polar surface area (TPSA) is 62.1 Å². The molecule has 2 heterocycles. The number of rotatable bonds is 3. The average Bonchev–Trinajstić information content (AvgIpc) is 2.93. The van der Waals surface area contributed by atoms with E-state index in [1.165, 1.54) is 11.8 Å². The van der Waals surface area contributed by atoms with Crippen molar-refractivity contribution in [2.75, 3.05) is 6.61 Å². The minimum Gasteiger partial charge on any atom is -0.466 e. The van der Waals surface area contributed by atoms with E-state index < -0.39 is 17.6 Å². The van der Waals surface area contributed by atoms with Gasteiger partial charge in [0.25, 0.3) is 0 Å². The van der Waals surface area contributed by atoms with Gasteiger partial charge in [-0.1, -0.05) is 36.0 Å². The fourth-order valence-electron chi connectivity index (χ4n) is 3.13. The highest BCUT2D eigenvalue weighted by atomic mass is 32.2. The van der Waals surface area contributed by atoms with Crippen molar-refractivity contribution in [3.8, 4) is 0 Å². The number of amidine groups is 1. The molecule has 0 radical (unpaired) electrons. The van der Waals surface area contributed by atoms with Crippen molar-refractivity contribution in [2.24, 2.45) is 10.9 Å². The Morgan fingerprint density at radius 3 is 2.91 bits per heavy atom. The molecule has 6 heteroatoms. The number of aliphatic imine (C=N–C) groups is 1. The number of aryl methyl sites for hydroxylation is 1. The molecule has 0 saturated carbocycles. The zero-order valence-electron chi connectivity index (χ0n) is 13.4. The second kappa shape index (κ2) is 6.02. The third-order valence-corrected chi connectivity index (χ3v) is 4.96. The first-order valence-electron chi connectivity index (χ1n) is 7.61. The summed E-state index contributed by atoms with van der Waals surface area (Å²) in [4.78, 5) is 18.9. The van der Waals surface area contributed by atoms with Crippen molar-refractivity contribution in [3.05, 3.63) is 47.0 Å². The first-order chi connectivity index (χ1) is 11.0. The minimum atomic E-state index is -1.51. The fraction of sp³-hybridized carbons (Fsp3) is 0.412. The van der Waals surface area contributed by atoms with Crippen molar-refractivity contribution >= 4 is 22.9 Å². The molecule has 2 aliphatic rings. The summed E-state index contributed by atoms with van der Waals surface area (Å²) in [5.41, 5.74) is 0.545. The van der Waals surface area contributed by atoms with Gasteiger partial charge >= 0.3 is 5.97 Å². The average molecular weight is 332 g/mol. The number of hydrogen-bond acceptors (Lipinski definition) is 6. The van der Waals surface area contributed by atoms with Crippen LogP contribution in [-0.2, 0) is 9.53 Å². The highest BCUT2D eigenvalue weighted by Gasteiger charge is 2.52. The Bertz CT molecular complexity index is 684. The molecule has 0 aromatic heterocycles. The molecule has 3 atom stereocenters. The molecule has 2 aliphatic heterocycles. The van der Waals surface area contributed by atoms with Gasteiger partial charge in [-0.2, -0.15) is 0 Å². The molecule has 122 valence electrons. The number of hydrogen-bond donors (Lipinski definition) is 1. The van der Waals surface area contributed by atoms with Crippen LogP contribution in [0.3, 0.4) is 0 Å². The molecule has 0 fully saturated rings. The fourth-order valence-corrected chi connectivity index (χ4v) is 3.98. The minimum absolute atomic E-state index is 0.271. The third kappa shape index (κ3) is 2.77. The van der Waals surface area contributed by atoms with Crippen LogP contribution in [0.2, 0.25) is 0 Å². The Balaban J connectivity index is 2.14. The van der Waals surface area contributed by atoms with Crippen molar-refractivity contribution in [3.63, 3.8) is 0 Å². The van der Waals surface area contributed by atoms with E-state index >= 15 is 0 Å². The lowest BCUT2D eigenvalue weighted by Crippen LogP contribution is -2.52. The quantitative estimate of drug-likeness (QED) is 0.863. The van der Waals surface area contributed by atoms with Gasteiger partial charge in [0.1, 0.15) is 5.92 Å². The lowest BCUT2D eigenvalue weighted by molar-refractivity contribution is -0.161. The summed E-state index contributed by atoms with van der Waals surface area (Å²) in [6, 6.07) is 7.55. The smallest absolute Gasteiger partial charge is 0.316 e. The number of fused-ring (bicyclic) bond motifs is 1. The van der Waals surface area contributed by atoms with Gasteiger partial charge in [-0.3, -0.25) is 4.79 Å². The number of thioether (sulfide) groups is 1. The van der Waals surface area contributed by atoms with Gasteiger partial charge in [0.05, 0.1) is 12.6 Å². The van der Waals surface area contributed by atoms with Gasteiger partial charge in [-0.15, -0.1) is 0 Å². The van der Waals surface area contributed by atoms with E-state index in [1.807, 2.05) is 47.7 Å². The van der Waals surface area contributed by atoms with E-state index in [-0.39, 0.29) is 12.6 Å². The molecular formula is C17H20N2O3S. The molecule has 0 amide bonds. The Morgan fingerprint density at radius 2 is 2.22 bits per heavy atom. The SMILES string of the molecule is CCOC(=O)C1C(c2ccccc2C)N2C=CSC2=NC1(C)O. The monoisotopic (exact) mass is 332 g/mol. The van der Waals surface area contributed by atoms with Crippen LogP contribution in [0.4, 0.5) is 0 Å². The summed E-state index contributed by atoms with van der Waals surface area (Å²) in [5.74, 6) is -1.23. The molecule has 1 aromatic carbocycles.